The Morgan fingerprint density at radius 1 is 1.36 bits per heavy atom. The van der Waals surface area contributed by atoms with E-state index in [0.29, 0.717) is 6.29 Å². The largest absolute Gasteiger partial charge is 0.385 e. The van der Waals surface area contributed by atoms with Gasteiger partial charge in [0.15, 0.2) is 0 Å². The summed E-state index contributed by atoms with van der Waals surface area (Å²) in [6.45, 7) is 2.03. The van der Waals surface area contributed by atoms with Crippen molar-refractivity contribution < 1.29 is 9.90 Å². The third-order valence-electron chi connectivity index (χ3n) is 3.11. The van der Waals surface area contributed by atoms with Crippen LogP contribution in [0.3, 0.4) is 0 Å². The molecule has 0 aliphatic heterocycles. The molecule has 0 saturated heterocycles. The average Bonchev–Trinajstić information content (AvgIpc) is 2.99. The third kappa shape index (κ3) is 1.36. The van der Waals surface area contributed by atoms with Crippen LogP contribution < -0.4 is 0 Å². The van der Waals surface area contributed by atoms with E-state index in [1.54, 1.807) is 0 Å². The number of rotatable bonds is 3. The van der Waals surface area contributed by atoms with E-state index in [9.17, 15) is 9.90 Å². The molecule has 0 amide bonds. The van der Waals surface area contributed by atoms with Crippen molar-refractivity contribution in [1.29, 1.82) is 0 Å². The Morgan fingerprint density at radius 3 is 2.36 bits per heavy atom. The second-order valence-corrected chi connectivity index (χ2v) is 4.10. The summed E-state index contributed by atoms with van der Waals surface area (Å²) < 4.78 is 0. The zero-order chi connectivity index (χ0) is 10.2. The van der Waals surface area contributed by atoms with Crippen molar-refractivity contribution in [3.8, 4) is 0 Å². The Bertz CT molecular complexity index is 336. The van der Waals surface area contributed by atoms with Crippen LogP contribution in [0, 0.1) is 6.92 Å². The van der Waals surface area contributed by atoms with Gasteiger partial charge in [0.05, 0.1) is 0 Å². The molecule has 1 N–H and O–H groups in total. The lowest BCUT2D eigenvalue weighted by Gasteiger charge is -2.17. The zero-order valence-corrected chi connectivity index (χ0v) is 8.23. The monoisotopic (exact) mass is 190 g/mol. The van der Waals surface area contributed by atoms with E-state index in [1.165, 1.54) is 5.56 Å². The molecule has 1 aromatic rings. The molecule has 1 aromatic carbocycles. The quantitative estimate of drug-likeness (QED) is 0.735. The molecular weight excluding hydrogens is 176 g/mol. The van der Waals surface area contributed by atoms with E-state index in [-0.39, 0.29) is 5.41 Å². The number of carbonyl (C=O) groups excluding carboxylic acids is 1. The summed E-state index contributed by atoms with van der Waals surface area (Å²) in [6.07, 6.45) is 1.63. The molecular formula is C12H14O2. The van der Waals surface area contributed by atoms with Crippen molar-refractivity contribution >= 4 is 6.29 Å². The van der Waals surface area contributed by atoms with Gasteiger partial charge in [0.25, 0.3) is 0 Å². The molecule has 74 valence electrons. The first-order valence-electron chi connectivity index (χ1n) is 4.89. The predicted octanol–water partition coefficient (Wildman–Crippen LogP) is 1.59. The van der Waals surface area contributed by atoms with Gasteiger partial charge in [0.2, 0.25) is 0 Å². The fourth-order valence-electron chi connectivity index (χ4n) is 1.91. The van der Waals surface area contributed by atoms with E-state index in [2.05, 4.69) is 0 Å². The minimum atomic E-state index is -0.842. The summed E-state index contributed by atoms with van der Waals surface area (Å²) in [6, 6.07) is 8.06. The summed E-state index contributed by atoms with van der Waals surface area (Å²) in [5.74, 6) is 0. The summed E-state index contributed by atoms with van der Waals surface area (Å²) in [5.41, 5.74) is 2.02. The molecule has 0 aromatic heterocycles. The highest BCUT2D eigenvalue weighted by molar-refractivity contribution is 5.62. The maximum atomic E-state index is 10.6. The number of benzene rings is 1. The standard InChI is InChI=1S/C12H14O2/c1-9-2-4-10(5-3-9)12(6-7-12)11(14)8-13/h2-5,8,11,14H,6-7H2,1H3. The van der Waals surface area contributed by atoms with Gasteiger partial charge in [-0.3, -0.25) is 0 Å². The van der Waals surface area contributed by atoms with Crippen molar-refractivity contribution in [3.05, 3.63) is 35.4 Å². The number of aryl methyl sites for hydroxylation is 1. The second-order valence-electron chi connectivity index (χ2n) is 4.10. The smallest absolute Gasteiger partial charge is 0.149 e. The fraction of sp³-hybridized carbons (Fsp3) is 0.417. The Hall–Kier alpha value is -1.15. The van der Waals surface area contributed by atoms with Crippen molar-refractivity contribution in [2.45, 2.75) is 31.3 Å². The summed E-state index contributed by atoms with van der Waals surface area (Å²) in [4.78, 5) is 10.6. The molecule has 2 rings (SSSR count). The first kappa shape index (κ1) is 9.41. The number of aldehydes is 1. The fourth-order valence-corrected chi connectivity index (χ4v) is 1.91. The Labute approximate surface area is 83.6 Å². The van der Waals surface area contributed by atoms with E-state index in [0.717, 1.165) is 18.4 Å². The molecule has 1 aliphatic rings. The summed E-state index contributed by atoms with van der Waals surface area (Å²) >= 11 is 0. The maximum absolute atomic E-state index is 10.6. The van der Waals surface area contributed by atoms with Gasteiger partial charge in [-0.2, -0.15) is 0 Å². The van der Waals surface area contributed by atoms with Crippen LogP contribution >= 0.6 is 0 Å². The molecule has 1 atom stereocenters. The molecule has 2 nitrogen and oxygen atoms in total. The zero-order valence-electron chi connectivity index (χ0n) is 8.23. The molecule has 0 bridgehead atoms. The van der Waals surface area contributed by atoms with Gasteiger partial charge in [-0.25, -0.2) is 0 Å². The summed E-state index contributed by atoms with van der Waals surface area (Å²) in [7, 11) is 0. The van der Waals surface area contributed by atoms with Crippen molar-refractivity contribution in [1.82, 2.24) is 0 Å². The van der Waals surface area contributed by atoms with Crippen LogP contribution in [-0.2, 0) is 10.2 Å². The molecule has 0 spiro atoms. The number of hydrogen-bond donors (Lipinski definition) is 1. The molecule has 2 heteroatoms. The SMILES string of the molecule is Cc1ccc(C2(C(O)C=O)CC2)cc1. The van der Waals surface area contributed by atoms with Crippen LogP contribution in [0.15, 0.2) is 24.3 Å². The van der Waals surface area contributed by atoms with E-state index in [1.807, 2.05) is 31.2 Å². The highest BCUT2D eigenvalue weighted by atomic mass is 16.3. The van der Waals surface area contributed by atoms with Crippen LogP contribution in [0.2, 0.25) is 0 Å². The van der Waals surface area contributed by atoms with Gasteiger partial charge < -0.3 is 9.90 Å². The van der Waals surface area contributed by atoms with Gasteiger partial charge in [0.1, 0.15) is 12.4 Å². The molecule has 1 saturated carbocycles. The average molecular weight is 190 g/mol. The lowest BCUT2D eigenvalue weighted by molar-refractivity contribution is -0.116. The van der Waals surface area contributed by atoms with Crippen LogP contribution in [-0.4, -0.2) is 17.5 Å². The van der Waals surface area contributed by atoms with Crippen molar-refractivity contribution in [3.63, 3.8) is 0 Å². The van der Waals surface area contributed by atoms with Gasteiger partial charge in [0, 0.05) is 5.41 Å². The molecule has 0 radical (unpaired) electrons. The van der Waals surface area contributed by atoms with E-state index < -0.39 is 6.10 Å². The second kappa shape index (κ2) is 3.21. The van der Waals surface area contributed by atoms with Crippen LogP contribution in [0.25, 0.3) is 0 Å². The lowest BCUT2D eigenvalue weighted by Crippen LogP contribution is -2.27. The van der Waals surface area contributed by atoms with Gasteiger partial charge in [-0.1, -0.05) is 29.8 Å². The first-order chi connectivity index (χ1) is 6.69. The first-order valence-corrected chi connectivity index (χ1v) is 4.89. The highest BCUT2D eigenvalue weighted by Crippen LogP contribution is 2.50. The van der Waals surface area contributed by atoms with E-state index >= 15 is 0 Å². The van der Waals surface area contributed by atoms with Crippen molar-refractivity contribution in [2.75, 3.05) is 0 Å². The molecule has 1 aliphatic carbocycles. The molecule has 1 unspecified atom stereocenters. The number of aliphatic hydroxyl groups is 1. The highest BCUT2D eigenvalue weighted by Gasteiger charge is 2.50. The van der Waals surface area contributed by atoms with Crippen LogP contribution in [0.1, 0.15) is 24.0 Å². The maximum Gasteiger partial charge on any atom is 0.149 e. The number of hydrogen-bond acceptors (Lipinski definition) is 2. The minimum absolute atomic E-state index is 0.268. The number of carbonyl (C=O) groups is 1. The molecule has 14 heavy (non-hydrogen) atoms. The Kier molecular flexibility index (Phi) is 2.16. The predicted molar refractivity (Wildman–Crippen MR) is 54.2 cm³/mol. The van der Waals surface area contributed by atoms with E-state index in [4.69, 9.17) is 0 Å². The van der Waals surface area contributed by atoms with Gasteiger partial charge in [-0.15, -0.1) is 0 Å². The van der Waals surface area contributed by atoms with Gasteiger partial charge in [-0.05, 0) is 25.3 Å². The Balaban J connectivity index is 2.30. The van der Waals surface area contributed by atoms with Crippen LogP contribution in [0.4, 0.5) is 0 Å². The molecule has 0 heterocycles. The minimum Gasteiger partial charge on any atom is -0.385 e. The third-order valence-corrected chi connectivity index (χ3v) is 3.11. The molecule has 1 fully saturated rings. The van der Waals surface area contributed by atoms with Gasteiger partial charge >= 0.3 is 0 Å². The number of aliphatic hydroxyl groups excluding tert-OH is 1. The summed E-state index contributed by atoms with van der Waals surface area (Å²) in [5, 5.41) is 9.60. The van der Waals surface area contributed by atoms with Crippen molar-refractivity contribution in [2.24, 2.45) is 0 Å². The normalized spacial score (nSPS) is 20.1. The topological polar surface area (TPSA) is 37.3 Å². The Morgan fingerprint density at radius 2 is 1.93 bits per heavy atom. The van der Waals surface area contributed by atoms with Crippen LogP contribution in [0.5, 0.6) is 0 Å². The lowest BCUT2D eigenvalue weighted by atomic mass is 9.90.